The van der Waals surface area contributed by atoms with Gasteiger partial charge in [-0.1, -0.05) is 30.3 Å². The van der Waals surface area contributed by atoms with E-state index >= 15 is 0 Å². The molecule has 0 bridgehead atoms. The predicted molar refractivity (Wildman–Crippen MR) is 60.4 cm³/mol. The summed E-state index contributed by atoms with van der Waals surface area (Å²) >= 11 is 0. The Balaban J connectivity index is 0.000000249. The number of hydrogen-bond acceptors (Lipinski definition) is 5. The lowest BCUT2D eigenvalue weighted by atomic mass is 10.2. The average molecular weight is 258 g/mol. The van der Waals surface area contributed by atoms with Gasteiger partial charge in [0.1, 0.15) is 0 Å². The molecule has 2 rings (SSSR count). The van der Waals surface area contributed by atoms with Crippen molar-refractivity contribution in [3.05, 3.63) is 30.3 Å². The van der Waals surface area contributed by atoms with Crippen LogP contribution in [0.4, 0.5) is 5.95 Å². The second kappa shape index (κ2) is 5.39. The second-order valence-electron chi connectivity index (χ2n) is 2.86. The molecule has 2 aromatic rings. The first-order valence-corrected chi connectivity index (χ1v) is 5.69. The highest BCUT2D eigenvalue weighted by Crippen LogP contribution is 2.13. The minimum absolute atomic E-state index is 0.272. The number of benzene rings is 1. The Kier molecular flexibility index (Phi) is 4.15. The quantitative estimate of drug-likeness (QED) is 0.542. The lowest BCUT2D eigenvalue weighted by molar-refractivity contribution is 0.381. The van der Waals surface area contributed by atoms with Crippen LogP contribution in [0.3, 0.4) is 0 Å². The summed E-state index contributed by atoms with van der Waals surface area (Å²) in [6, 6.07) is 9.71. The van der Waals surface area contributed by atoms with E-state index in [9.17, 15) is 0 Å². The first kappa shape index (κ1) is 13.1. The number of nitrogens with one attached hydrogen (secondary N) is 1. The Hall–Kier alpha value is -1.97. The van der Waals surface area contributed by atoms with Gasteiger partial charge in [0.15, 0.2) is 5.82 Å². The van der Waals surface area contributed by atoms with Gasteiger partial charge >= 0.3 is 10.4 Å². The van der Waals surface area contributed by atoms with Gasteiger partial charge in [-0.2, -0.15) is 13.4 Å². The van der Waals surface area contributed by atoms with E-state index < -0.39 is 10.4 Å². The smallest absolute Gasteiger partial charge is 0.366 e. The Bertz CT molecular complexity index is 558. The number of aromatic amines is 1. The van der Waals surface area contributed by atoms with Gasteiger partial charge in [0, 0.05) is 5.56 Å². The standard InChI is InChI=1S/C8H8N4.H2O4S/c9-8-10-7(11-12-8)6-4-2-1-3-5-6;1-5(2,3)4/h1-5H,(H3,9,10,11,12);(H2,1,2,3,4). The highest BCUT2D eigenvalue weighted by molar-refractivity contribution is 7.79. The Morgan fingerprint density at radius 1 is 1.18 bits per heavy atom. The molecule has 0 saturated carbocycles. The summed E-state index contributed by atoms with van der Waals surface area (Å²) < 4.78 is 31.6. The Morgan fingerprint density at radius 3 is 2.12 bits per heavy atom. The molecule has 0 aliphatic rings. The van der Waals surface area contributed by atoms with E-state index in [1.54, 1.807) is 0 Å². The summed E-state index contributed by atoms with van der Waals surface area (Å²) in [6.45, 7) is 0. The van der Waals surface area contributed by atoms with Crippen LogP contribution in [-0.2, 0) is 10.4 Å². The van der Waals surface area contributed by atoms with Crippen molar-refractivity contribution in [2.75, 3.05) is 5.73 Å². The second-order valence-corrected chi connectivity index (χ2v) is 3.75. The van der Waals surface area contributed by atoms with Crippen molar-refractivity contribution in [1.29, 1.82) is 0 Å². The Morgan fingerprint density at radius 2 is 1.71 bits per heavy atom. The zero-order valence-corrected chi connectivity index (χ0v) is 9.29. The monoisotopic (exact) mass is 258 g/mol. The zero-order valence-electron chi connectivity index (χ0n) is 8.48. The van der Waals surface area contributed by atoms with Crippen LogP contribution in [0.25, 0.3) is 11.4 Å². The number of nitrogens with two attached hydrogens (primary N) is 1. The van der Waals surface area contributed by atoms with Crippen LogP contribution < -0.4 is 5.73 Å². The van der Waals surface area contributed by atoms with E-state index in [0.717, 1.165) is 5.56 Å². The summed E-state index contributed by atoms with van der Waals surface area (Å²) in [7, 11) is -4.67. The molecule has 9 heteroatoms. The van der Waals surface area contributed by atoms with Crippen LogP contribution in [0.15, 0.2) is 30.3 Å². The maximum Gasteiger partial charge on any atom is 0.394 e. The zero-order chi connectivity index (χ0) is 12.9. The lowest BCUT2D eigenvalue weighted by Crippen LogP contribution is -1.89. The van der Waals surface area contributed by atoms with Crippen LogP contribution in [0.2, 0.25) is 0 Å². The topological polar surface area (TPSA) is 142 Å². The molecule has 0 spiro atoms. The molecule has 0 atom stereocenters. The number of anilines is 1. The highest BCUT2D eigenvalue weighted by atomic mass is 32.3. The van der Waals surface area contributed by atoms with Gasteiger partial charge < -0.3 is 5.73 Å². The number of aromatic nitrogens is 3. The maximum atomic E-state index is 8.74. The molecular formula is C8H10N4O4S. The molecule has 1 heterocycles. The third-order valence-electron chi connectivity index (χ3n) is 1.55. The van der Waals surface area contributed by atoms with E-state index in [0.29, 0.717) is 5.82 Å². The van der Waals surface area contributed by atoms with Gasteiger partial charge in [-0.25, -0.2) is 0 Å². The molecule has 1 aromatic heterocycles. The van der Waals surface area contributed by atoms with Crippen molar-refractivity contribution >= 4 is 16.3 Å². The summed E-state index contributed by atoms with van der Waals surface area (Å²) in [6.07, 6.45) is 0. The number of rotatable bonds is 1. The molecule has 0 radical (unpaired) electrons. The Labute approximate surface area is 97.1 Å². The van der Waals surface area contributed by atoms with Crippen LogP contribution >= 0.6 is 0 Å². The van der Waals surface area contributed by atoms with Crippen molar-refractivity contribution in [3.63, 3.8) is 0 Å². The first-order valence-electron chi connectivity index (χ1n) is 4.29. The highest BCUT2D eigenvalue weighted by Gasteiger charge is 2.00. The summed E-state index contributed by atoms with van der Waals surface area (Å²) in [4.78, 5) is 3.99. The van der Waals surface area contributed by atoms with Crippen molar-refractivity contribution in [2.45, 2.75) is 0 Å². The minimum Gasteiger partial charge on any atom is -0.366 e. The molecule has 0 fully saturated rings. The molecule has 0 aliphatic carbocycles. The van der Waals surface area contributed by atoms with Crippen LogP contribution in [0.5, 0.6) is 0 Å². The molecule has 0 amide bonds. The third kappa shape index (κ3) is 5.61. The van der Waals surface area contributed by atoms with E-state index in [2.05, 4.69) is 15.2 Å². The summed E-state index contributed by atoms with van der Waals surface area (Å²) in [5.74, 6) is 0.974. The van der Waals surface area contributed by atoms with Crippen molar-refractivity contribution in [3.8, 4) is 11.4 Å². The van der Waals surface area contributed by atoms with Crippen LogP contribution in [0.1, 0.15) is 0 Å². The largest absolute Gasteiger partial charge is 0.394 e. The molecule has 92 valence electrons. The van der Waals surface area contributed by atoms with Gasteiger partial charge in [-0.15, -0.1) is 5.10 Å². The molecule has 0 aliphatic heterocycles. The molecule has 5 N–H and O–H groups in total. The molecule has 0 unspecified atom stereocenters. The summed E-state index contributed by atoms with van der Waals surface area (Å²) in [5.41, 5.74) is 6.35. The van der Waals surface area contributed by atoms with E-state index in [4.69, 9.17) is 23.3 Å². The third-order valence-corrected chi connectivity index (χ3v) is 1.55. The van der Waals surface area contributed by atoms with Gasteiger partial charge in [0.05, 0.1) is 0 Å². The number of nitrogens with zero attached hydrogens (tertiary/aromatic N) is 2. The van der Waals surface area contributed by atoms with Gasteiger partial charge in [0.2, 0.25) is 5.95 Å². The fraction of sp³-hybridized carbons (Fsp3) is 0. The van der Waals surface area contributed by atoms with Crippen LogP contribution in [0, 0.1) is 0 Å². The van der Waals surface area contributed by atoms with Crippen molar-refractivity contribution < 1.29 is 17.5 Å². The molecule has 17 heavy (non-hydrogen) atoms. The lowest BCUT2D eigenvalue weighted by Gasteiger charge is -1.91. The normalized spacial score (nSPS) is 10.5. The fourth-order valence-electron chi connectivity index (χ4n) is 1.000. The first-order chi connectivity index (χ1) is 7.86. The molecular weight excluding hydrogens is 248 g/mol. The summed E-state index contributed by atoms with van der Waals surface area (Å²) in [5, 5.41) is 6.47. The number of H-pyrrole nitrogens is 1. The van der Waals surface area contributed by atoms with E-state index in [-0.39, 0.29) is 5.95 Å². The average Bonchev–Trinajstić information content (AvgIpc) is 2.64. The number of hydrogen-bond donors (Lipinski definition) is 4. The molecule has 0 saturated heterocycles. The predicted octanol–water partition coefficient (Wildman–Crippen LogP) is 0.401. The van der Waals surface area contributed by atoms with Crippen molar-refractivity contribution in [2.24, 2.45) is 0 Å². The van der Waals surface area contributed by atoms with E-state index in [1.165, 1.54) is 0 Å². The van der Waals surface area contributed by atoms with Gasteiger partial charge in [-0.05, 0) is 0 Å². The van der Waals surface area contributed by atoms with Gasteiger partial charge in [0.25, 0.3) is 0 Å². The van der Waals surface area contributed by atoms with E-state index in [1.807, 2.05) is 30.3 Å². The van der Waals surface area contributed by atoms with Gasteiger partial charge in [-0.3, -0.25) is 14.2 Å². The molecule has 8 nitrogen and oxygen atoms in total. The fourth-order valence-corrected chi connectivity index (χ4v) is 1.000. The molecule has 1 aromatic carbocycles. The maximum absolute atomic E-state index is 8.74. The SMILES string of the molecule is Nc1n[nH]c(-c2ccccc2)n1.O=S(=O)(O)O. The minimum atomic E-state index is -4.67. The van der Waals surface area contributed by atoms with Crippen molar-refractivity contribution in [1.82, 2.24) is 15.2 Å². The van der Waals surface area contributed by atoms with Crippen LogP contribution in [-0.4, -0.2) is 32.7 Å². The number of nitrogen functional groups attached to an aromatic ring is 1.